The third-order valence-electron chi connectivity index (χ3n) is 5.52. The number of carbonyl (C=O) groups excluding carboxylic acids is 2. The van der Waals surface area contributed by atoms with Crippen molar-refractivity contribution in [3.05, 3.63) is 81.3 Å². The Morgan fingerprint density at radius 2 is 1.53 bits per heavy atom. The van der Waals surface area contributed by atoms with Crippen LogP contribution in [-0.4, -0.2) is 52.5 Å². The Bertz CT molecular complexity index is 1440. The molecule has 1 N–H and O–H groups in total. The number of aryl methyl sites for hydroxylation is 1. The van der Waals surface area contributed by atoms with Crippen LogP contribution in [0.5, 0.6) is 11.5 Å². The smallest absolute Gasteiger partial charge is 0.340 e. The summed E-state index contributed by atoms with van der Waals surface area (Å²) in [5, 5.41) is 3.15. The Hall–Kier alpha value is -3.31. The monoisotopic (exact) mass is 580 g/mol. The maximum Gasteiger partial charge on any atom is 0.340 e. The van der Waals surface area contributed by atoms with Gasteiger partial charge in [-0.25, -0.2) is 13.2 Å². The van der Waals surface area contributed by atoms with Gasteiger partial charge < -0.3 is 19.5 Å². The summed E-state index contributed by atoms with van der Waals surface area (Å²) in [6, 6.07) is 13.7. The summed E-state index contributed by atoms with van der Waals surface area (Å²) in [4.78, 5) is 25.6. The number of benzene rings is 3. The molecule has 0 aromatic heterocycles. The fraction of sp³-hybridized carbons (Fsp3) is 0.231. The van der Waals surface area contributed by atoms with Gasteiger partial charge in [0.1, 0.15) is 0 Å². The van der Waals surface area contributed by atoms with Crippen LogP contribution in [0, 0.1) is 6.92 Å². The number of rotatable bonds is 10. The van der Waals surface area contributed by atoms with E-state index in [4.69, 9.17) is 37.4 Å². The zero-order valence-electron chi connectivity index (χ0n) is 21.1. The average molecular weight is 581 g/mol. The van der Waals surface area contributed by atoms with Crippen LogP contribution in [0.1, 0.15) is 21.5 Å². The lowest BCUT2D eigenvalue weighted by Gasteiger charge is -2.23. The number of anilines is 1. The number of nitrogens with zero attached hydrogens (tertiary/aromatic N) is 1. The van der Waals surface area contributed by atoms with Gasteiger partial charge in [0.2, 0.25) is 15.9 Å². The maximum absolute atomic E-state index is 13.6. The number of carbonyl (C=O) groups is 2. The molecule has 0 saturated carbocycles. The summed E-state index contributed by atoms with van der Waals surface area (Å²) >= 11 is 12.1. The van der Waals surface area contributed by atoms with E-state index in [0.717, 1.165) is 9.87 Å². The van der Waals surface area contributed by atoms with E-state index >= 15 is 0 Å². The Morgan fingerprint density at radius 1 is 0.895 bits per heavy atom. The highest BCUT2D eigenvalue weighted by Crippen LogP contribution is 2.34. The number of methoxy groups -OCH3 is 3. The highest BCUT2D eigenvalue weighted by Gasteiger charge is 2.28. The van der Waals surface area contributed by atoms with Crippen LogP contribution in [0.15, 0.2) is 59.5 Å². The van der Waals surface area contributed by atoms with Gasteiger partial charge in [-0.05, 0) is 36.8 Å². The molecule has 3 rings (SSSR count). The lowest BCUT2D eigenvalue weighted by molar-refractivity contribution is -0.116. The third kappa shape index (κ3) is 6.76. The number of halogens is 2. The third-order valence-corrected chi connectivity index (χ3v) is 8.07. The van der Waals surface area contributed by atoms with Crippen molar-refractivity contribution < 1.29 is 32.2 Å². The second kappa shape index (κ2) is 12.5. The SMILES string of the molecule is COC(=O)c1cc(OC)c(OC)cc1NC(=O)CN(Cc1ccc(Cl)c(Cl)c1)S(=O)(=O)c1ccc(C)cc1. The topological polar surface area (TPSA) is 111 Å². The van der Waals surface area contributed by atoms with Crippen LogP contribution in [0.4, 0.5) is 5.69 Å². The van der Waals surface area contributed by atoms with Gasteiger partial charge in [-0.15, -0.1) is 0 Å². The van der Waals surface area contributed by atoms with Gasteiger partial charge in [0.15, 0.2) is 11.5 Å². The second-order valence-electron chi connectivity index (χ2n) is 8.13. The minimum atomic E-state index is -4.12. The van der Waals surface area contributed by atoms with E-state index in [2.05, 4.69) is 5.32 Å². The standard InChI is InChI=1S/C26H26Cl2N2O7S/c1-16-5-8-18(9-6-16)38(33,34)30(14-17-7-10-20(27)21(28)11-17)15-25(31)29-22-13-24(36-3)23(35-2)12-19(22)26(32)37-4/h5-13H,14-15H2,1-4H3,(H,29,31). The first-order valence-corrected chi connectivity index (χ1v) is 13.3. The number of sulfonamides is 1. The summed E-state index contributed by atoms with van der Waals surface area (Å²) in [5.74, 6) is -0.955. The van der Waals surface area contributed by atoms with Crippen molar-refractivity contribution in [3.8, 4) is 11.5 Å². The molecule has 1 amide bonds. The van der Waals surface area contributed by atoms with Gasteiger partial charge >= 0.3 is 5.97 Å². The predicted octanol–water partition coefficient (Wildman–Crippen LogP) is 4.94. The van der Waals surface area contributed by atoms with Crippen LogP contribution in [-0.2, 0) is 26.1 Å². The number of nitrogens with one attached hydrogen (secondary N) is 1. The molecule has 0 aliphatic rings. The Balaban J connectivity index is 1.98. The molecule has 0 aliphatic carbocycles. The van der Waals surface area contributed by atoms with Crippen molar-refractivity contribution in [2.45, 2.75) is 18.4 Å². The molecule has 0 radical (unpaired) electrons. The minimum Gasteiger partial charge on any atom is -0.493 e. The molecule has 9 nitrogen and oxygen atoms in total. The Labute approximate surface area is 231 Å². The van der Waals surface area contributed by atoms with Crippen LogP contribution < -0.4 is 14.8 Å². The van der Waals surface area contributed by atoms with E-state index in [1.54, 1.807) is 24.3 Å². The van der Waals surface area contributed by atoms with E-state index in [-0.39, 0.29) is 39.2 Å². The van der Waals surface area contributed by atoms with Crippen LogP contribution in [0.25, 0.3) is 0 Å². The molecule has 38 heavy (non-hydrogen) atoms. The molecule has 0 heterocycles. The van der Waals surface area contributed by atoms with Gasteiger partial charge in [0.25, 0.3) is 0 Å². The molecule has 3 aromatic rings. The van der Waals surface area contributed by atoms with Crippen LogP contribution in [0.2, 0.25) is 10.0 Å². The van der Waals surface area contributed by atoms with Crippen molar-refractivity contribution in [2.24, 2.45) is 0 Å². The Morgan fingerprint density at radius 3 is 2.11 bits per heavy atom. The van der Waals surface area contributed by atoms with Gasteiger partial charge in [-0.1, -0.05) is 47.0 Å². The van der Waals surface area contributed by atoms with Crippen LogP contribution >= 0.6 is 23.2 Å². The predicted molar refractivity (Wildman–Crippen MR) is 145 cm³/mol. The zero-order valence-corrected chi connectivity index (χ0v) is 23.4. The maximum atomic E-state index is 13.6. The summed E-state index contributed by atoms with van der Waals surface area (Å²) in [5.41, 5.74) is 1.45. The lowest BCUT2D eigenvalue weighted by atomic mass is 10.1. The highest BCUT2D eigenvalue weighted by atomic mass is 35.5. The lowest BCUT2D eigenvalue weighted by Crippen LogP contribution is -2.37. The van der Waals surface area contributed by atoms with Crippen molar-refractivity contribution >= 4 is 50.8 Å². The molecule has 0 bridgehead atoms. The summed E-state index contributed by atoms with van der Waals surface area (Å²) in [7, 11) is -0.135. The van der Waals surface area contributed by atoms with E-state index in [9.17, 15) is 18.0 Å². The number of ether oxygens (including phenoxy) is 3. The summed E-state index contributed by atoms with van der Waals surface area (Å²) < 4.78 is 43.5. The number of esters is 1. The van der Waals surface area contributed by atoms with Crippen molar-refractivity contribution in [1.82, 2.24) is 4.31 Å². The van der Waals surface area contributed by atoms with Gasteiger partial charge in [-0.3, -0.25) is 4.79 Å². The first kappa shape index (κ1) is 29.2. The molecule has 0 aliphatic heterocycles. The quantitative estimate of drug-likeness (QED) is 0.338. The Kier molecular flexibility index (Phi) is 9.61. The van der Waals surface area contributed by atoms with E-state index in [1.807, 2.05) is 6.92 Å². The largest absolute Gasteiger partial charge is 0.493 e. The molecule has 202 valence electrons. The fourth-order valence-corrected chi connectivity index (χ4v) is 5.24. The molecule has 3 aromatic carbocycles. The van der Waals surface area contributed by atoms with Gasteiger partial charge in [0.05, 0.1) is 54.1 Å². The second-order valence-corrected chi connectivity index (χ2v) is 10.9. The molecule has 0 atom stereocenters. The van der Waals surface area contributed by atoms with Crippen LogP contribution in [0.3, 0.4) is 0 Å². The summed E-state index contributed by atoms with van der Waals surface area (Å²) in [6.45, 7) is 1.08. The molecule has 12 heteroatoms. The van der Waals surface area contributed by atoms with Gasteiger partial charge in [0, 0.05) is 18.7 Å². The summed E-state index contributed by atoms with van der Waals surface area (Å²) in [6.07, 6.45) is 0. The molecule has 0 spiro atoms. The normalized spacial score (nSPS) is 11.2. The van der Waals surface area contributed by atoms with E-state index in [1.165, 1.54) is 51.7 Å². The molecule has 0 unspecified atom stereocenters. The van der Waals surface area contributed by atoms with Gasteiger partial charge in [-0.2, -0.15) is 4.31 Å². The average Bonchev–Trinajstić information content (AvgIpc) is 2.89. The number of hydrogen-bond acceptors (Lipinski definition) is 7. The molecule has 0 fully saturated rings. The van der Waals surface area contributed by atoms with Crippen molar-refractivity contribution in [1.29, 1.82) is 0 Å². The number of hydrogen-bond donors (Lipinski definition) is 1. The molecule has 0 saturated heterocycles. The van der Waals surface area contributed by atoms with Crippen molar-refractivity contribution in [3.63, 3.8) is 0 Å². The first-order chi connectivity index (χ1) is 18.0. The molecular formula is C26H26Cl2N2O7S. The first-order valence-electron chi connectivity index (χ1n) is 11.1. The molecular weight excluding hydrogens is 555 g/mol. The minimum absolute atomic E-state index is 0.00377. The zero-order chi connectivity index (χ0) is 28.0. The fourth-order valence-electron chi connectivity index (χ4n) is 3.54. The number of amides is 1. The van der Waals surface area contributed by atoms with E-state index < -0.39 is 28.4 Å². The van der Waals surface area contributed by atoms with E-state index in [0.29, 0.717) is 10.6 Å². The van der Waals surface area contributed by atoms with Crippen molar-refractivity contribution in [2.75, 3.05) is 33.2 Å². The highest BCUT2D eigenvalue weighted by molar-refractivity contribution is 7.89.